The van der Waals surface area contributed by atoms with E-state index in [9.17, 15) is 20.2 Å². The van der Waals surface area contributed by atoms with Gasteiger partial charge >= 0.3 is 7.12 Å². The lowest BCUT2D eigenvalue weighted by atomic mass is 9.78. The molecule has 9 nitrogen and oxygen atoms in total. The molecule has 0 saturated carbocycles. The zero-order valence-corrected chi connectivity index (χ0v) is 72.2. The molecule has 6 heterocycles. The van der Waals surface area contributed by atoms with Crippen LogP contribution in [0.1, 0.15) is 27.7 Å². The van der Waals surface area contributed by atoms with Crippen molar-refractivity contribution in [2.24, 2.45) is 0 Å². The Bertz CT molecular complexity index is 7490. The molecule has 0 amide bonds. The monoisotopic (exact) mass is 1760 g/mol. The minimum absolute atomic E-state index is 0.128. The van der Waals surface area contributed by atoms with Crippen molar-refractivity contribution in [3.05, 3.63) is 393 Å². The smallest absolute Gasteiger partial charge is 0.399 e. The number of nitro groups is 2. The highest BCUT2D eigenvalue weighted by Gasteiger charge is 2.51. The first-order valence-electron chi connectivity index (χ1n) is 38.9. The highest BCUT2D eigenvalue weighted by atomic mass is 79.9. The number of hydrogen-bond donors (Lipinski definition) is 1. The molecule has 5 aromatic heterocycles. The molecule has 1 N–H and O–H groups in total. The van der Waals surface area contributed by atoms with Gasteiger partial charge in [-0.25, -0.2) is 0 Å². The predicted octanol–water partition coefficient (Wildman–Crippen LogP) is 29.8. The van der Waals surface area contributed by atoms with Gasteiger partial charge in [0.1, 0.15) is 0 Å². The van der Waals surface area contributed by atoms with Gasteiger partial charge in [0.25, 0.3) is 11.4 Å². The maximum Gasteiger partial charge on any atom is 0.494 e. The number of halogens is 2. The normalized spacial score (nSPS) is 12.9. The van der Waals surface area contributed by atoms with Gasteiger partial charge in [0.15, 0.2) is 0 Å². The van der Waals surface area contributed by atoms with Crippen LogP contribution >= 0.6 is 85.1 Å². The van der Waals surface area contributed by atoms with Crippen LogP contribution in [-0.4, -0.2) is 33.2 Å². The van der Waals surface area contributed by atoms with Crippen LogP contribution in [0.2, 0.25) is 0 Å². The van der Waals surface area contributed by atoms with Gasteiger partial charge < -0.3 is 14.3 Å². The molecule has 17 aromatic carbocycles. The SMILES string of the molecule is Brc1ccc2sc3ccccc3c2c1.CC1(C)OB(c2ccc3sc4ccccc4c3c2)OC1(C)C.O=[N+]([O-])c1c(-c2ccc3sc4ccccc4c3c2)ccc2ccccc12.O=[N+]([O-])c1c(Br)ccc2ccccc12.c1ccc(P(c2ccccc2)c2ccccc2)cc1.c1ccc2c(c1)ccc1c3cc4c(cc3[nH]c21)sc1ccccc14. The maximum atomic E-state index is 11.8. The summed E-state index contributed by atoms with van der Waals surface area (Å²) in [6.45, 7) is 8.36. The standard InChI is InChI=1S/C22H13NO2S.C22H13NS.C18H19BO2S.C18H15P.C12H7BrS.C10H6BrNO2/c24-23(25)22-16-6-2-1-5-14(16)9-11-17(22)15-10-12-21-19(13-15)18-7-3-4-8-20(18)26-21;1-2-6-14-13(5-1)9-10-16-17-11-18-15-7-3-4-8-20(15)24-21(18)12-19(17)23-22(14)16;1-17(2)18(3,4)21-19(20-17)12-9-10-16-14(11-12)13-7-5-6-8-15(13)22-16;1-4-10-16(11-5-1)19(17-12-6-2-7-13-17)18-14-8-3-9-15-18;13-8-5-6-12-10(7-8)9-3-1-2-4-11(9)14-12;11-9-6-5-7-3-1-2-4-8(7)10(9)12(13)14/h1-13H;1-12,23H;5-11H,1-4H3;1-15H;1-7H;1-6H. The van der Waals surface area contributed by atoms with E-state index in [0.29, 0.717) is 20.8 Å². The van der Waals surface area contributed by atoms with Crippen molar-refractivity contribution in [3.63, 3.8) is 0 Å². The average Bonchev–Trinajstić information content (AvgIpc) is 1.59. The van der Waals surface area contributed by atoms with E-state index in [1.54, 1.807) is 29.5 Å². The fourth-order valence-electron chi connectivity index (χ4n) is 15.6. The van der Waals surface area contributed by atoms with Crippen molar-refractivity contribution in [1.82, 2.24) is 4.98 Å². The Balaban J connectivity index is 0.0000000996. The number of benzene rings is 17. The Morgan fingerprint density at radius 3 is 1.21 bits per heavy atom. The minimum atomic E-state index is -0.446. The molecule has 0 atom stereocenters. The van der Waals surface area contributed by atoms with Crippen LogP contribution in [0.4, 0.5) is 11.4 Å². The van der Waals surface area contributed by atoms with Crippen molar-refractivity contribution >= 4 is 260 Å². The molecule has 1 aliphatic rings. The number of hydrogen-bond acceptors (Lipinski definition) is 10. The van der Waals surface area contributed by atoms with E-state index < -0.39 is 7.92 Å². The van der Waals surface area contributed by atoms with Crippen molar-refractivity contribution < 1.29 is 19.2 Å². The summed E-state index contributed by atoms with van der Waals surface area (Å²) in [5, 5.41) is 45.5. The Morgan fingerprint density at radius 1 is 0.328 bits per heavy atom. The van der Waals surface area contributed by atoms with E-state index in [1.165, 1.54) is 124 Å². The Kier molecular flexibility index (Phi) is 22.2. The van der Waals surface area contributed by atoms with Crippen LogP contribution in [0.3, 0.4) is 0 Å². The molecule has 0 unspecified atom stereocenters. The molecule has 0 bridgehead atoms. The van der Waals surface area contributed by atoms with Crippen LogP contribution in [-0.2, 0) is 9.31 Å². The second kappa shape index (κ2) is 33.6. The average molecular weight is 1770 g/mol. The molecule has 119 heavy (non-hydrogen) atoms. The highest BCUT2D eigenvalue weighted by molar-refractivity contribution is 9.10. The summed E-state index contributed by atoms with van der Waals surface area (Å²) in [6, 6.07) is 125. The number of nitrogens with zero attached hydrogens (tertiary/aromatic N) is 2. The third kappa shape index (κ3) is 15.9. The van der Waals surface area contributed by atoms with E-state index in [1.807, 2.05) is 107 Å². The number of nitro benzene ring substituents is 2. The molecule has 0 aliphatic carbocycles. The topological polar surface area (TPSA) is 121 Å². The van der Waals surface area contributed by atoms with Gasteiger partial charge in [-0.15, -0.1) is 45.3 Å². The lowest BCUT2D eigenvalue weighted by molar-refractivity contribution is -0.383. The highest BCUT2D eigenvalue weighted by Crippen LogP contribution is 2.45. The van der Waals surface area contributed by atoms with Gasteiger partial charge in [-0.3, -0.25) is 20.2 Å². The van der Waals surface area contributed by atoms with Gasteiger partial charge in [-0.1, -0.05) is 283 Å². The third-order valence-electron chi connectivity index (χ3n) is 22.1. The number of fused-ring (bicyclic) bond motifs is 19. The predicted molar refractivity (Wildman–Crippen MR) is 521 cm³/mol. The number of nitrogens with one attached hydrogen (secondary N) is 1. The van der Waals surface area contributed by atoms with E-state index in [-0.39, 0.29) is 39.5 Å². The van der Waals surface area contributed by atoms with E-state index in [4.69, 9.17) is 9.31 Å². The summed E-state index contributed by atoms with van der Waals surface area (Å²) in [6.07, 6.45) is 0. The first-order valence-corrected chi connectivity index (χ1v) is 45.1. The van der Waals surface area contributed by atoms with Crippen molar-refractivity contribution in [1.29, 1.82) is 0 Å². The first-order chi connectivity index (χ1) is 58.0. The maximum absolute atomic E-state index is 11.8. The third-order valence-corrected chi connectivity index (χ3v) is 30.3. The van der Waals surface area contributed by atoms with Crippen LogP contribution in [0.25, 0.3) is 146 Å². The number of H-pyrrole nitrogens is 1. The summed E-state index contributed by atoms with van der Waals surface area (Å²) < 4.78 is 24.5. The fraction of sp³-hybridized carbons (Fsp3) is 0.0588. The van der Waals surface area contributed by atoms with Crippen molar-refractivity contribution in [3.8, 4) is 11.1 Å². The molecule has 0 radical (unpaired) electrons. The largest absolute Gasteiger partial charge is 0.494 e. The summed E-state index contributed by atoms with van der Waals surface area (Å²) in [5.41, 5.74) is 4.78. The summed E-state index contributed by atoms with van der Waals surface area (Å²) in [5.74, 6) is 0. The molecular formula is C102H73BBr2N3O6PS4. The van der Waals surface area contributed by atoms with Crippen LogP contribution in [0.5, 0.6) is 0 Å². The van der Waals surface area contributed by atoms with Gasteiger partial charge in [0, 0.05) is 101 Å². The second-order valence-corrected chi connectivity index (χ2v) is 38.3. The number of rotatable bonds is 7. The van der Waals surface area contributed by atoms with Gasteiger partial charge in [-0.05, 0) is 197 Å². The van der Waals surface area contributed by atoms with Gasteiger partial charge in [0.05, 0.1) is 47.4 Å². The Hall–Kier alpha value is -11.6. The second-order valence-electron chi connectivity index (χ2n) is 30.0. The van der Waals surface area contributed by atoms with E-state index in [2.05, 4.69) is 338 Å². The van der Waals surface area contributed by atoms with E-state index >= 15 is 0 Å². The van der Waals surface area contributed by atoms with Crippen molar-refractivity contribution in [2.45, 2.75) is 38.9 Å². The minimum Gasteiger partial charge on any atom is -0.399 e. The molecular weight excluding hydrogens is 1690 g/mol. The molecule has 1 fully saturated rings. The molecule has 1 saturated heterocycles. The van der Waals surface area contributed by atoms with Crippen LogP contribution < -0.4 is 21.4 Å². The Labute approximate surface area is 720 Å². The zero-order valence-electron chi connectivity index (χ0n) is 64.9. The quantitative estimate of drug-likeness (QED) is 0.0734. The van der Waals surface area contributed by atoms with Crippen LogP contribution in [0.15, 0.2) is 373 Å². The first kappa shape index (κ1) is 78.5. The molecule has 23 rings (SSSR count). The zero-order chi connectivity index (χ0) is 81.5. The molecule has 1 aliphatic heterocycles. The fourth-order valence-corrected chi connectivity index (χ4v) is 23.1. The Morgan fingerprint density at radius 2 is 0.706 bits per heavy atom. The van der Waals surface area contributed by atoms with Crippen molar-refractivity contribution in [2.75, 3.05) is 0 Å². The van der Waals surface area contributed by atoms with Gasteiger partial charge in [-0.2, -0.15) is 0 Å². The summed E-state index contributed by atoms with van der Waals surface area (Å²) in [4.78, 5) is 25.7. The lowest BCUT2D eigenvalue weighted by Crippen LogP contribution is -2.41. The summed E-state index contributed by atoms with van der Waals surface area (Å²) in [7, 11) is -0.744. The van der Waals surface area contributed by atoms with E-state index in [0.717, 1.165) is 31.7 Å². The lowest BCUT2D eigenvalue weighted by Gasteiger charge is -2.32. The molecule has 0 spiro atoms. The number of thiophene rings is 4. The van der Waals surface area contributed by atoms with Gasteiger partial charge in [0.2, 0.25) is 0 Å². The number of aromatic amines is 1. The molecule has 578 valence electrons. The molecule has 22 aromatic rings. The van der Waals surface area contributed by atoms with Crippen LogP contribution in [0, 0.1) is 20.2 Å². The summed E-state index contributed by atoms with van der Waals surface area (Å²) >= 11 is 14.0. The molecule has 17 heteroatoms. The number of aromatic nitrogens is 1.